The van der Waals surface area contributed by atoms with Crippen LogP contribution in [-0.4, -0.2) is 34.1 Å². The third-order valence-corrected chi connectivity index (χ3v) is 3.60. The predicted octanol–water partition coefficient (Wildman–Crippen LogP) is 1.64. The third-order valence-electron chi connectivity index (χ3n) is 3.60. The summed E-state index contributed by atoms with van der Waals surface area (Å²) in [6.45, 7) is 3.59. The molecule has 5 heteroatoms. The number of hydrogen-bond donors (Lipinski definition) is 1. The van der Waals surface area contributed by atoms with Crippen LogP contribution in [0, 0.1) is 6.92 Å². The molecule has 0 spiro atoms. The highest BCUT2D eigenvalue weighted by atomic mass is 16.5. The number of hydrogen-bond acceptors (Lipinski definition) is 3. The standard InChI is InChI=1S/C13H20N2O3/c1-9-13(10-5-7-18-8-6-10)11(15(2)14-9)3-4-12(16)17/h10H,3-8H2,1-2H3,(H,16,17). The van der Waals surface area contributed by atoms with E-state index in [1.807, 2.05) is 18.7 Å². The lowest BCUT2D eigenvalue weighted by molar-refractivity contribution is -0.136. The van der Waals surface area contributed by atoms with Gasteiger partial charge in [-0.2, -0.15) is 5.10 Å². The maximum Gasteiger partial charge on any atom is 0.303 e. The zero-order chi connectivity index (χ0) is 13.1. The van der Waals surface area contributed by atoms with Crippen molar-refractivity contribution in [3.63, 3.8) is 0 Å². The lowest BCUT2D eigenvalue weighted by Gasteiger charge is -2.23. The average Bonchev–Trinajstić information content (AvgIpc) is 2.62. The van der Waals surface area contributed by atoms with Gasteiger partial charge in [-0.3, -0.25) is 9.48 Å². The minimum atomic E-state index is -0.758. The predicted molar refractivity (Wildman–Crippen MR) is 66.7 cm³/mol. The van der Waals surface area contributed by atoms with Gasteiger partial charge in [0, 0.05) is 32.4 Å². The highest BCUT2D eigenvalue weighted by molar-refractivity contribution is 5.67. The van der Waals surface area contributed by atoms with Gasteiger partial charge in [-0.15, -0.1) is 0 Å². The number of carboxylic acids is 1. The number of aliphatic carboxylic acids is 1. The van der Waals surface area contributed by atoms with Crippen LogP contribution in [0.5, 0.6) is 0 Å². The SMILES string of the molecule is Cc1nn(C)c(CCC(=O)O)c1C1CCOCC1. The van der Waals surface area contributed by atoms with Crippen LogP contribution >= 0.6 is 0 Å². The van der Waals surface area contributed by atoms with Crippen LogP contribution in [0.3, 0.4) is 0 Å². The summed E-state index contributed by atoms with van der Waals surface area (Å²) < 4.78 is 7.22. The van der Waals surface area contributed by atoms with Gasteiger partial charge in [-0.05, 0) is 31.2 Å². The number of nitrogens with zero attached hydrogens (tertiary/aromatic N) is 2. The number of aromatic nitrogens is 2. The molecule has 0 amide bonds. The van der Waals surface area contributed by atoms with Crippen molar-refractivity contribution in [1.82, 2.24) is 9.78 Å². The molecule has 18 heavy (non-hydrogen) atoms. The molecule has 0 aliphatic carbocycles. The fourth-order valence-electron chi connectivity index (χ4n) is 2.76. The zero-order valence-corrected chi connectivity index (χ0v) is 11.0. The number of ether oxygens (including phenoxy) is 1. The highest BCUT2D eigenvalue weighted by Gasteiger charge is 2.24. The minimum absolute atomic E-state index is 0.162. The number of rotatable bonds is 4. The van der Waals surface area contributed by atoms with Crippen LogP contribution in [0.4, 0.5) is 0 Å². The van der Waals surface area contributed by atoms with Gasteiger partial charge in [0.1, 0.15) is 0 Å². The Hall–Kier alpha value is -1.36. The summed E-state index contributed by atoms with van der Waals surface area (Å²) >= 11 is 0. The van der Waals surface area contributed by atoms with Crippen LogP contribution in [-0.2, 0) is 23.0 Å². The summed E-state index contributed by atoms with van der Waals surface area (Å²) in [4.78, 5) is 10.7. The maximum absolute atomic E-state index is 10.7. The maximum atomic E-state index is 10.7. The van der Waals surface area contributed by atoms with E-state index in [0.29, 0.717) is 12.3 Å². The van der Waals surface area contributed by atoms with E-state index in [4.69, 9.17) is 9.84 Å². The first-order valence-corrected chi connectivity index (χ1v) is 6.41. The lowest BCUT2D eigenvalue weighted by atomic mass is 9.89. The molecule has 1 saturated heterocycles. The first-order chi connectivity index (χ1) is 8.59. The fourth-order valence-corrected chi connectivity index (χ4v) is 2.76. The third kappa shape index (κ3) is 2.72. The van der Waals surface area contributed by atoms with Gasteiger partial charge < -0.3 is 9.84 Å². The molecule has 100 valence electrons. The molecule has 0 aromatic carbocycles. The van der Waals surface area contributed by atoms with Crippen LogP contribution in [0.25, 0.3) is 0 Å². The van der Waals surface area contributed by atoms with Gasteiger partial charge >= 0.3 is 5.97 Å². The van der Waals surface area contributed by atoms with E-state index in [1.54, 1.807) is 0 Å². The van der Waals surface area contributed by atoms with E-state index >= 15 is 0 Å². The van der Waals surface area contributed by atoms with Crippen LogP contribution < -0.4 is 0 Å². The van der Waals surface area contributed by atoms with Gasteiger partial charge in [0.25, 0.3) is 0 Å². The summed E-state index contributed by atoms with van der Waals surface area (Å²) in [5, 5.41) is 13.3. The Balaban J connectivity index is 2.23. The summed E-state index contributed by atoms with van der Waals surface area (Å²) in [7, 11) is 1.90. The molecule has 1 aliphatic rings. The van der Waals surface area contributed by atoms with Crippen molar-refractivity contribution >= 4 is 5.97 Å². The van der Waals surface area contributed by atoms with E-state index in [-0.39, 0.29) is 6.42 Å². The van der Waals surface area contributed by atoms with Gasteiger partial charge in [-0.1, -0.05) is 0 Å². The molecule has 1 fully saturated rings. The largest absolute Gasteiger partial charge is 0.481 e. The van der Waals surface area contributed by atoms with Crippen LogP contribution in [0.1, 0.15) is 42.1 Å². The Morgan fingerprint density at radius 1 is 1.50 bits per heavy atom. The molecule has 0 radical (unpaired) electrons. The Morgan fingerprint density at radius 2 is 2.17 bits per heavy atom. The van der Waals surface area contributed by atoms with Crippen molar-refractivity contribution in [1.29, 1.82) is 0 Å². The number of aryl methyl sites for hydroxylation is 2. The smallest absolute Gasteiger partial charge is 0.303 e. The molecule has 1 aliphatic heterocycles. The summed E-state index contributed by atoms with van der Waals surface area (Å²) in [5.41, 5.74) is 3.36. The van der Waals surface area contributed by atoms with Gasteiger partial charge in [0.2, 0.25) is 0 Å². The van der Waals surface area contributed by atoms with E-state index in [9.17, 15) is 4.79 Å². The molecule has 0 bridgehead atoms. The van der Waals surface area contributed by atoms with Gasteiger partial charge in [0.05, 0.1) is 12.1 Å². The molecule has 5 nitrogen and oxygen atoms in total. The molecular formula is C13H20N2O3. The van der Waals surface area contributed by atoms with Crippen molar-refractivity contribution in [3.8, 4) is 0 Å². The fraction of sp³-hybridized carbons (Fsp3) is 0.692. The van der Waals surface area contributed by atoms with Crippen LogP contribution in [0.15, 0.2) is 0 Å². The van der Waals surface area contributed by atoms with Crippen molar-refractivity contribution in [2.24, 2.45) is 7.05 Å². The first-order valence-electron chi connectivity index (χ1n) is 6.41. The highest BCUT2D eigenvalue weighted by Crippen LogP contribution is 2.32. The zero-order valence-electron chi connectivity index (χ0n) is 11.0. The topological polar surface area (TPSA) is 64.4 Å². The Labute approximate surface area is 107 Å². The van der Waals surface area contributed by atoms with Gasteiger partial charge in [-0.25, -0.2) is 0 Å². The number of carbonyl (C=O) groups is 1. The van der Waals surface area contributed by atoms with Gasteiger partial charge in [0.15, 0.2) is 0 Å². The molecule has 1 aromatic heterocycles. The molecule has 2 heterocycles. The molecule has 1 aromatic rings. The Morgan fingerprint density at radius 3 is 2.78 bits per heavy atom. The molecule has 0 unspecified atom stereocenters. The summed E-state index contributed by atoms with van der Waals surface area (Å²) in [6, 6.07) is 0. The molecule has 0 saturated carbocycles. The number of carboxylic acid groups (broad SMARTS) is 1. The second-order valence-electron chi connectivity index (χ2n) is 4.85. The Kier molecular flexibility index (Phi) is 4.01. The molecule has 2 rings (SSSR count). The molecular weight excluding hydrogens is 232 g/mol. The van der Waals surface area contributed by atoms with Crippen molar-refractivity contribution in [3.05, 3.63) is 17.0 Å². The van der Waals surface area contributed by atoms with E-state index in [0.717, 1.165) is 37.4 Å². The normalized spacial score (nSPS) is 17.0. The second kappa shape index (κ2) is 5.52. The molecule has 1 N–H and O–H groups in total. The van der Waals surface area contributed by atoms with Crippen molar-refractivity contribution in [2.45, 2.75) is 38.5 Å². The first kappa shape index (κ1) is 13.1. The van der Waals surface area contributed by atoms with Crippen molar-refractivity contribution in [2.75, 3.05) is 13.2 Å². The average molecular weight is 252 g/mol. The monoisotopic (exact) mass is 252 g/mol. The quantitative estimate of drug-likeness (QED) is 0.884. The van der Waals surface area contributed by atoms with E-state index in [1.165, 1.54) is 5.56 Å². The minimum Gasteiger partial charge on any atom is -0.481 e. The lowest BCUT2D eigenvalue weighted by Crippen LogP contribution is -2.16. The van der Waals surface area contributed by atoms with Crippen molar-refractivity contribution < 1.29 is 14.6 Å². The van der Waals surface area contributed by atoms with E-state index in [2.05, 4.69) is 5.10 Å². The summed E-state index contributed by atoms with van der Waals surface area (Å²) in [6.07, 6.45) is 2.73. The van der Waals surface area contributed by atoms with Crippen LogP contribution in [0.2, 0.25) is 0 Å². The summed E-state index contributed by atoms with van der Waals surface area (Å²) in [5.74, 6) is -0.289. The van der Waals surface area contributed by atoms with E-state index < -0.39 is 5.97 Å². The second-order valence-corrected chi connectivity index (χ2v) is 4.85. The molecule has 0 atom stereocenters. The Bertz CT molecular complexity index is 434.